The van der Waals surface area contributed by atoms with E-state index in [0.29, 0.717) is 16.3 Å². The second-order valence-corrected chi connectivity index (χ2v) is 5.56. The van der Waals surface area contributed by atoms with Gasteiger partial charge in [-0.2, -0.15) is 0 Å². The topological polar surface area (TPSA) is 75.4 Å². The van der Waals surface area contributed by atoms with E-state index in [-0.39, 0.29) is 27.9 Å². The van der Waals surface area contributed by atoms with Gasteiger partial charge in [0.1, 0.15) is 5.75 Å². The molecule has 2 aromatic rings. The number of rotatable bonds is 4. The summed E-state index contributed by atoms with van der Waals surface area (Å²) in [5.74, 6) is -0.657. The van der Waals surface area contributed by atoms with Gasteiger partial charge >= 0.3 is 0 Å². The first-order chi connectivity index (χ1) is 9.88. The predicted molar refractivity (Wildman–Crippen MR) is 85.4 cm³/mol. The molecule has 7 heteroatoms. The molecule has 4 N–H and O–H groups in total. The van der Waals surface area contributed by atoms with Crippen LogP contribution in [0.4, 0.5) is 5.69 Å². The molecule has 0 saturated carbocycles. The van der Waals surface area contributed by atoms with Crippen LogP contribution in [0, 0.1) is 0 Å². The van der Waals surface area contributed by atoms with Crippen LogP contribution in [0.3, 0.4) is 0 Å². The van der Waals surface area contributed by atoms with Crippen LogP contribution in [0.15, 0.2) is 30.3 Å². The lowest BCUT2D eigenvalue weighted by atomic mass is 10.1. The monoisotopic (exact) mass is 344 g/mol. The van der Waals surface area contributed by atoms with Crippen molar-refractivity contribution in [2.24, 2.45) is 5.73 Å². The summed E-state index contributed by atoms with van der Waals surface area (Å²) in [5, 5.41) is 13.8. The van der Waals surface area contributed by atoms with Crippen molar-refractivity contribution in [1.29, 1.82) is 0 Å². The molecule has 0 aliphatic heterocycles. The van der Waals surface area contributed by atoms with Gasteiger partial charge in [-0.15, -0.1) is 0 Å². The summed E-state index contributed by atoms with van der Waals surface area (Å²) in [6.45, 7) is 0.270. The molecule has 0 spiro atoms. The number of halogens is 3. The molecule has 0 heterocycles. The lowest BCUT2D eigenvalue weighted by molar-refractivity contribution is 0.100. The van der Waals surface area contributed by atoms with Crippen LogP contribution in [0.1, 0.15) is 15.9 Å². The number of carbonyl (C=O) groups is 1. The highest BCUT2D eigenvalue weighted by atomic mass is 35.5. The van der Waals surface area contributed by atoms with Crippen molar-refractivity contribution < 1.29 is 9.90 Å². The van der Waals surface area contributed by atoms with Gasteiger partial charge in [-0.1, -0.05) is 34.8 Å². The van der Waals surface area contributed by atoms with Crippen molar-refractivity contribution in [1.82, 2.24) is 0 Å². The van der Waals surface area contributed by atoms with E-state index in [1.165, 1.54) is 12.1 Å². The smallest absolute Gasteiger partial charge is 0.250 e. The Hall–Kier alpha value is -1.62. The Kier molecular flexibility index (Phi) is 4.83. The molecule has 110 valence electrons. The van der Waals surface area contributed by atoms with Crippen molar-refractivity contribution in [2.75, 3.05) is 5.32 Å². The number of benzene rings is 2. The molecule has 1 amide bonds. The van der Waals surface area contributed by atoms with Crippen molar-refractivity contribution in [3.63, 3.8) is 0 Å². The summed E-state index contributed by atoms with van der Waals surface area (Å²) >= 11 is 17.6. The zero-order valence-corrected chi connectivity index (χ0v) is 12.9. The Balaban J connectivity index is 2.21. The lowest BCUT2D eigenvalue weighted by Gasteiger charge is -2.11. The first-order valence-corrected chi connectivity index (χ1v) is 7.02. The van der Waals surface area contributed by atoms with E-state index in [1.807, 2.05) is 0 Å². The molecule has 0 aliphatic rings. The molecule has 4 nitrogen and oxygen atoms in total. The molecule has 0 bridgehead atoms. The number of hydrogen-bond donors (Lipinski definition) is 3. The largest absolute Gasteiger partial charge is 0.506 e. The standard InChI is InChI=1S/C14H11Cl3N2O2/c15-8-3-7(13(20)12(17)4-8)6-19-9-1-2-11(16)10(5-9)14(18)21/h1-5,19-20H,6H2,(H2,18,21). The molecule has 0 atom stereocenters. The Morgan fingerprint density at radius 1 is 1.14 bits per heavy atom. The molecule has 0 fully saturated rings. The Morgan fingerprint density at radius 2 is 1.86 bits per heavy atom. The van der Waals surface area contributed by atoms with Gasteiger partial charge in [-0.05, 0) is 30.3 Å². The number of aromatic hydroxyl groups is 1. The molecular weight excluding hydrogens is 335 g/mol. The van der Waals surface area contributed by atoms with Crippen LogP contribution in [-0.2, 0) is 6.54 Å². The number of carbonyl (C=O) groups excluding carboxylic acids is 1. The number of anilines is 1. The summed E-state index contributed by atoms with van der Waals surface area (Å²) in [5.41, 5.74) is 6.61. The molecule has 2 aromatic carbocycles. The van der Waals surface area contributed by atoms with E-state index < -0.39 is 5.91 Å². The second kappa shape index (κ2) is 6.43. The molecular formula is C14H11Cl3N2O2. The average Bonchev–Trinajstić information content (AvgIpc) is 2.42. The van der Waals surface area contributed by atoms with E-state index in [9.17, 15) is 9.90 Å². The normalized spacial score (nSPS) is 10.4. The van der Waals surface area contributed by atoms with Gasteiger partial charge in [0.25, 0.3) is 0 Å². The molecule has 0 unspecified atom stereocenters. The average molecular weight is 346 g/mol. The van der Waals surface area contributed by atoms with Gasteiger partial charge in [-0.25, -0.2) is 0 Å². The number of primary amides is 1. The zero-order chi connectivity index (χ0) is 15.6. The van der Waals surface area contributed by atoms with E-state index in [2.05, 4.69) is 5.32 Å². The van der Waals surface area contributed by atoms with Gasteiger partial charge in [0.05, 0.1) is 15.6 Å². The summed E-state index contributed by atoms with van der Waals surface area (Å²) in [7, 11) is 0. The molecule has 0 aliphatic carbocycles. The second-order valence-electron chi connectivity index (χ2n) is 4.31. The minimum atomic E-state index is -0.614. The summed E-state index contributed by atoms with van der Waals surface area (Å²) in [6, 6.07) is 7.84. The molecule has 0 aromatic heterocycles. The van der Waals surface area contributed by atoms with Crippen molar-refractivity contribution in [3.8, 4) is 5.75 Å². The van der Waals surface area contributed by atoms with E-state index in [0.717, 1.165) is 0 Å². The fourth-order valence-corrected chi connectivity index (χ4v) is 2.52. The van der Waals surface area contributed by atoms with Crippen LogP contribution in [0.2, 0.25) is 15.1 Å². The number of phenolic OH excluding ortho intramolecular Hbond substituents is 1. The molecule has 2 rings (SSSR count). The van der Waals surface area contributed by atoms with Crippen LogP contribution in [-0.4, -0.2) is 11.0 Å². The SMILES string of the molecule is NC(=O)c1cc(NCc2cc(Cl)cc(Cl)c2O)ccc1Cl. The maximum absolute atomic E-state index is 11.2. The number of nitrogens with one attached hydrogen (secondary N) is 1. The highest BCUT2D eigenvalue weighted by Crippen LogP contribution is 2.31. The maximum Gasteiger partial charge on any atom is 0.250 e. The van der Waals surface area contributed by atoms with Gasteiger partial charge in [0, 0.05) is 22.8 Å². The number of amides is 1. The van der Waals surface area contributed by atoms with Crippen LogP contribution >= 0.6 is 34.8 Å². The fraction of sp³-hybridized carbons (Fsp3) is 0.0714. The van der Waals surface area contributed by atoms with Crippen molar-refractivity contribution in [3.05, 3.63) is 56.5 Å². The van der Waals surface area contributed by atoms with Crippen LogP contribution in [0.5, 0.6) is 5.75 Å². The zero-order valence-electron chi connectivity index (χ0n) is 10.7. The van der Waals surface area contributed by atoms with Gasteiger partial charge < -0.3 is 16.2 Å². The minimum absolute atomic E-state index is 0.0438. The number of phenols is 1. The molecule has 0 saturated heterocycles. The number of hydrogen-bond acceptors (Lipinski definition) is 3. The number of nitrogens with two attached hydrogens (primary N) is 1. The summed E-state index contributed by atoms with van der Waals surface area (Å²) < 4.78 is 0. The lowest BCUT2D eigenvalue weighted by Crippen LogP contribution is -2.12. The third kappa shape index (κ3) is 3.73. The van der Waals surface area contributed by atoms with E-state index in [4.69, 9.17) is 40.5 Å². The maximum atomic E-state index is 11.2. The van der Waals surface area contributed by atoms with Gasteiger partial charge in [0.2, 0.25) is 5.91 Å². The van der Waals surface area contributed by atoms with Crippen LogP contribution < -0.4 is 11.1 Å². The van der Waals surface area contributed by atoms with E-state index in [1.54, 1.807) is 18.2 Å². The fourth-order valence-electron chi connectivity index (χ4n) is 1.78. The van der Waals surface area contributed by atoms with Gasteiger partial charge in [-0.3, -0.25) is 4.79 Å². The Bertz CT molecular complexity index is 705. The minimum Gasteiger partial charge on any atom is -0.506 e. The first-order valence-electron chi connectivity index (χ1n) is 5.88. The summed E-state index contributed by atoms with van der Waals surface area (Å²) in [4.78, 5) is 11.2. The van der Waals surface area contributed by atoms with Crippen molar-refractivity contribution in [2.45, 2.75) is 6.54 Å². The Morgan fingerprint density at radius 3 is 2.52 bits per heavy atom. The third-order valence-corrected chi connectivity index (χ3v) is 3.66. The highest BCUT2D eigenvalue weighted by Gasteiger charge is 2.10. The van der Waals surface area contributed by atoms with Crippen LogP contribution in [0.25, 0.3) is 0 Å². The first kappa shape index (κ1) is 15.8. The van der Waals surface area contributed by atoms with Gasteiger partial charge in [0.15, 0.2) is 0 Å². The molecule has 21 heavy (non-hydrogen) atoms. The summed E-state index contributed by atoms with van der Waals surface area (Å²) in [6.07, 6.45) is 0. The quantitative estimate of drug-likeness (QED) is 0.782. The van der Waals surface area contributed by atoms with E-state index >= 15 is 0 Å². The highest BCUT2D eigenvalue weighted by molar-refractivity contribution is 6.35. The third-order valence-electron chi connectivity index (χ3n) is 2.82. The Labute approximate surface area is 136 Å². The van der Waals surface area contributed by atoms with Crippen molar-refractivity contribution >= 4 is 46.4 Å². The predicted octanol–water partition coefficient (Wildman–Crippen LogP) is 4.06. The molecule has 0 radical (unpaired) electrons.